The maximum absolute atomic E-state index is 11.8. The first-order valence-electron chi connectivity index (χ1n) is 5.91. The van der Waals surface area contributed by atoms with E-state index in [0.29, 0.717) is 0 Å². The number of esters is 1. The lowest BCUT2D eigenvalue weighted by molar-refractivity contribution is -0.153. The lowest BCUT2D eigenvalue weighted by atomic mass is 10.2. The summed E-state index contributed by atoms with van der Waals surface area (Å²) in [5.74, 6) is -0.210. The van der Waals surface area contributed by atoms with Crippen molar-refractivity contribution in [2.75, 3.05) is 0 Å². The summed E-state index contributed by atoms with van der Waals surface area (Å²) in [4.78, 5) is 12.8. The normalized spacial score (nSPS) is 13.2. The summed E-state index contributed by atoms with van der Waals surface area (Å²) in [5, 5.41) is 8.70. The second kappa shape index (κ2) is 6.25. The summed E-state index contributed by atoms with van der Waals surface area (Å²) in [5.41, 5.74) is 0.413. The van der Waals surface area contributed by atoms with Crippen LogP contribution in [-0.2, 0) is 16.1 Å². The Morgan fingerprint density at radius 1 is 1.33 bits per heavy atom. The Labute approximate surface area is 113 Å². The van der Waals surface area contributed by atoms with E-state index < -0.39 is 5.60 Å². The molecule has 18 heavy (non-hydrogen) atoms. The van der Waals surface area contributed by atoms with Crippen LogP contribution in [-0.4, -0.2) is 21.9 Å². The number of carbonyl (C=O) groups is 1. The molecular formula is C14H20O3S. The summed E-state index contributed by atoms with van der Waals surface area (Å²) in [7, 11) is 0. The minimum absolute atomic E-state index is 0.0343. The molecule has 0 radical (unpaired) electrons. The van der Waals surface area contributed by atoms with Gasteiger partial charge in [0.25, 0.3) is 0 Å². The van der Waals surface area contributed by atoms with Crippen molar-refractivity contribution in [2.24, 2.45) is 0 Å². The van der Waals surface area contributed by atoms with Gasteiger partial charge in [0.2, 0.25) is 0 Å². The quantitative estimate of drug-likeness (QED) is 0.673. The van der Waals surface area contributed by atoms with E-state index in [-0.39, 0.29) is 17.8 Å². The first-order chi connectivity index (χ1) is 8.31. The third-order valence-corrected chi connectivity index (χ3v) is 3.25. The Kier molecular flexibility index (Phi) is 5.23. The molecule has 0 heterocycles. The molecule has 0 spiro atoms. The summed E-state index contributed by atoms with van der Waals surface area (Å²) in [6.45, 7) is 7.44. The van der Waals surface area contributed by atoms with E-state index in [9.17, 15) is 4.79 Å². The van der Waals surface area contributed by atoms with Crippen molar-refractivity contribution < 1.29 is 14.6 Å². The number of carbonyl (C=O) groups excluding carboxylic acids is 1. The number of benzene rings is 1. The van der Waals surface area contributed by atoms with Crippen molar-refractivity contribution in [3.8, 4) is 0 Å². The van der Waals surface area contributed by atoms with Crippen LogP contribution in [0.4, 0.5) is 0 Å². The van der Waals surface area contributed by atoms with Gasteiger partial charge in [-0.1, -0.05) is 12.1 Å². The smallest absolute Gasteiger partial charge is 0.319 e. The zero-order chi connectivity index (χ0) is 13.8. The van der Waals surface area contributed by atoms with Crippen molar-refractivity contribution in [3.63, 3.8) is 0 Å². The maximum Gasteiger partial charge on any atom is 0.319 e. The number of thioether (sulfide) groups is 1. The highest BCUT2D eigenvalue weighted by Gasteiger charge is 2.22. The molecule has 0 saturated heterocycles. The Morgan fingerprint density at radius 3 is 2.33 bits per heavy atom. The molecular weight excluding hydrogens is 248 g/mol. The SMILES string of the molecule is CC(Sc1ccc(CO)cc1)C(=O)OC(C)(C)C. The Balaban J connectivity index is 2.58. The van der Waals surface area contributed by atoms with Gasteiger partial charge in [0.1, 0.15) is 10.9 Å². The van der Waals surface area contributed by atoms with Crippen LogP contribution in [0.15, 0.2) is 29.2 Å². The molecule has 100 valence electrons. The van der Waals surface area contributed by atoms with Gasteiger partial charge in [-0.05, 0) is 45.4 Å². The molecule has 0 amide bonds. The molecule has 3 nitrogen and oxygen atoms in total. The maximum atomic E-state index is 11.8. The molecule has 0 fully saturated rings. The first kappa shape index (κ1) is 15.1. The van der Waals surface area contributed by atoms with Gasteiger partial charge in [-0.25, -0.2) is 0 Å². The molecule has 4 heteroatoms. The summed E-state index contributed by atoms with van der Waals surface area (Å²) < 4.78 is 5.32. The molecule has 0 aliphatic carbocycles. The average molecular weight is 268 g/mol. The number of aliphatic hydroxyl groups is 1. The number of hydrogen-bond acceptors (Lipinski definition) is 4. The zero-order valence-corrected chi connectivity index (χ0v) is 12.1. The molecule has 1 unspecified atom stereocenters. The monoisotopic (exact) mass is 268 g/mol. The Hall–Kier alpha value is -1.00. The molecule has 1 rings (SSSR count). The van der Waals surface area contributed by atoms with E-state index in [1.165, 1.54) is 11.8 Å². The van der Waals surface area contributed by atoms with E-state index in [1.54, 1.807) is 0 Å². The highest BCUT2D eigenvalue weighted by molar-refractivity contribution is 8.00. The highest BCUT2D eigenvalue weighted by atomic mass is 32.2. The van der Waals surface area contributed by atoms with Gasteiger partial charge in [-0.2, -0.15) is 0 Å². The minimum atomic E-state index is -0.452. The molecule has 0 bridgehead atoms. The standard InChI is InChI=1S/C14H20O3S/c1-10(13(16)17-14(2,3)4)18-12-7-5-11(9-15)6-8-12/h5-8,10,15H,9H2,1-4H3. The fourth-order valence-electron chi connectivity index (χ4n) is 1.31. The molecule has 1 aromatic rings. The van der Waals surface area contributed by atoms with Crippen LogP contribution in [0.3, 0.4) is 0 Å². The molecule has 0 aliphatic heterocycles. The number of hydrogen-bond donors (Lipinski definition) is 1. The van der Waals surface area contributed by atoms with Gasteiger partial charge in [0.05, 0.1) is 6.61 Å². The Bertz CT molecular complexity index is 392. The number of rotatable bonds is 4. The number of aliphatic hydroxyl groups excluding tert-OH is 1. The first-order valence-corrected chi connectivity index (χ1v) is 6.79. The summed E-state index contributed by atoms with van der Waals surface area (Å²) in [6.07, 6.45) is 0. The lowest BCUT2D eigenvalue weighted by Crippen LogP contribution is -2.28. The predicted octanol–water partition coefficient (Wildman–Crippen LogP) is 3.00. The van der Waals surface area contributed by atoms with Crippen LogP contribution < -0.4 is 0 Å². The molecule has 1 aromatic carbocycles. The van der Waals surface area contributed by atoms with Gasteiger partial charge >= 0.3 is 5.97 Å². The van der Waals surface area contributed by atoms with E-state index in [1.807, 2.05) is 52.0 Å². The Morgan fingerprint density at radius 2 is 1.89 bits per heavy atom. The molecule has 1 atom stereocenters. The number of ether oxygens (including phenoxy) is 1. The zero-order valence-electron chi connectivity index (χ0n) is 11.3. The van der Waals surface area contributed by atoms with Crippen molar-refractivity contribution in [3.05, 3.63) is 29.8 Å². The summed E-state index contributed by atoms with van der Waals surface area (Å²) in [6, 6.07) is 7.50. The third-order valence-electron chi connectivity index (χ3n) is 2.16. The van der Waals surface area contributed by atoms with Crippen molar-refractivity contribution >= 4 is 17.7 Å². The van der Waals surface area contributed by atoms with E-state index >= 15 is 0 Å². The summed E-state index contributed by atoms with van der Waals surface area (Å²) >= 11 is 1.46. The average Bonchev–Trinajstić information content (AvgIpc) is 2.27. The second-order valence-electron chi connectivity index (χ2n) is 5.10. The largest absolute Gasteiger partial charge is 0.459 e. The van der Waals surface area contributed by atoms with Crippen LogP contribution in [0.2, 0.25) is 0 Å². The van der Waals surface area contributed by atoms with Gasteiger partial charge in [-0.3, -0.25) is 4.79 Å². The van der Waals surface area contributed by atoms with Crippen LogP contribution in [0.5, 0.6) is 0 Å². The van der Waals surface area contributed by atoms with Crippen molar-refractivity contribution in [2.45, 2.75) is 50.0 Å². The van der Waals surface area contributed by atoms with Crippen LogP contribution in [0.1, 0.15) is 33.3 Å². The molecule has 1 N–H and O–H groups in total. The van der Waals surface area contributed by atoms with Crippen LogP contribution in [0, 0.1) is 0 Å². The van der Waals surface area contributed by atoms with Gasteiger partial charge in [-0.15, -0.1) is 11.8 Å². The fourth-order valence-corrected chi connectivity index (χ4v) is 2.16. The van der Waals surface area contributed by atoms with Crippen molar-refractivity contribution in [1.29, 1.82) is 0 Å². The second-order valence-corrected chi connectivity index (χ2v) is 6.51. The lowest BCUT2D eigenvalue weighted by Gasteiger charge is -2.22. The molecule has 0 aromatic heterocycles. The van der Waals surface area contributed by atoms with Crippen LogP contribution >= 0.6 is 11.8 Å². The topological polar surface area (TPSA) is 46.5 Å². The fraction of sp³-hybridized carbons (Fsp3) is 0.500. The van der Waals surface area contributed by atoms with E-state index in [4.69, 9.17) is 9.84 Å². The van der Waals surface area contributed by atoms with Gasteiger partial charge in [0, 0.05) is 4.90 Å². The third kappa shape index (κ3) is 5.10. The van der Waals surface area contributed by atoms with Crippen LogP contribution in [0.25, 0.3) is 0 Å². The minimum Gasteiger partial charge on any atom is -0.459 e. The van der Waals surface area contributed by atoms with Gasteiger partial charge in [0.15, 0.2) is 0 Å². The predicted molar refractivity (Wildman–Crippen MR) is 73.5 cm³/mol. The van der Waals surface area contributed by atoms with Crippen molar-refractivity contribution in [1.82, 2.24) is 0 Å². The highest BCUT2D eigenvalue weighted by Crippen LogP contribution is 2.25. The van der Waals surface area contributed by atoms with E-state index in [0.717, 1.165) is 10.5 Å². The molecule has 0 saturated carbocycles. The molecule has 0 aliphatic rings. The van der Waals surface area contributed by atoms with Gasteiger partial charge < -0.3 is 9.84 Å². The van der Waals surface area contributed by atoms with E-state index in [2.05, 4.69) is 0 Å².